The average molecular weight is 368 g/mol. The largest absolute Gasteiger partial charge is 0.490 e. The maximum absolute atomic E-state index is 6.27. The van der Waals surface area contributed by atoms with Gasteiger partial charge in [0.25, 0.3) is 0 Å². The summed E-state index contributed by atoms with van der Waals surface area (Å²) in [4.78, 5) is 0. The topological polar surface area (TPSA) is 39.7 Å². The monoisotopic (exact) mass is 367 g/mol. The first-order valence-corrected chi connectivity index (χ1v) is 8.67. The fraction of sp³-hybridized carbons (Fsp3) is 0.333. The van der Waals surface area contributed by atoms with E-state index in [0.717, 1.165) is 29.2 Å². The van der Waals surface area contributed by atoms with Crippen molar-refractivity contribution in [2.45, 2.75) is 19.9 Å². The van der Waals surface area contributed by atoms with Gasteiger partial charge in [-0.15, -0.1) is 0 Å². The molecule has 6 heteroatoms. The van der Waals surface area contributed by atoms with Crippen LogP contribution in [0.2, 0.25) is 10.0 Å². The van der Waals surface area contributed by atoms with Crippen molar-refractivity contribution in [3.8, 4) is 17.2 Å². The highest BCUT2D eigenvalue weighted by molar-refractivity contribution is 6.37. The van der Waals surface area contributed by atoms with E-state index in [1.165, 1.54) is 0 Å². The molecule has 0 saturated heterocycles. The molecule has 0 aromatic heterocycles. The SMILES string of the molecule is CCCOc1c(Cl)cc(CNc2ccc3c(c2)OCCO3)cc1Cl. The molecular formula is C18H19Cl2NO3. The molecule has 0 aliphatic carbocycles. The van der Waals surface area contributed by atoms with Crippen molar-refractivity contribution in [1.82, 2.24) is 0 Å². The van der Waals surface area contributed by atoms with E-state index in [1.807, 2.05) is 37.3 Å². The van der Waals surface area contributed by atoms with Crippen molar-refractivity contribution in [1.29, 1.82) is 0 Å². The minimum absolute atomic E-state index is 0.523. The second-order valence-corrected chi connectivity index (χ2v) is 6.26. The van der Waals surface area contributed by atoms with Gasteiger partial charge in [-0.05, 0) is 36.2 Å². The fourth-order valence-corrected chi connectivity index (χ4v) is 3.06. The van der Waals surface area contributed by atoms with Gasteiger partial charge in [-0.25, -0.2) is 0 Å². The van der Waals surface area contributed by atoms with Crippen LogP contribution in [-0.2, 0) is 6.54 Å². The van der Waals surface area contributed by atoms with Crippen LogP contribution in [0.4, 0.5) is 5.69 Å². The summed E-state index contributed by atoms with van der Waals surface area (Å²) in [5, 5.41) is 4.38. The van der Waals surface area contributed by atoms with E-state index in [0.29, 0.717) is 42.2 Å². The van der Waals surface area contributed by atoms with Crippen LogP contribution in [0.25, 0.3) is 0 Å². The van der Waals surface area contributed by atoms with Gasteiger partial charge in [0, 0.05) is 18.3 Å². The molecule has 0 fully saturated rings. The molecule has 0 amide bonds. The maximum atomic E-state index is 6.27. The van der Waals surface area contributed by atoms with E-state index in [9.17, 15) is 0 Å². The molecule has 2 aromatic rings. The zero-order valence-electron chi connectivity index (χ0n) is 13.4. The molecule has 4 nitrogen and oxygen atoms in total. The van der Waals surface area contributed by atoms with Crippen molar-refractivity contribution >= 4 is 28.9 Å². The molecule has 0 radical (unpaired) electrons. The van der Waals surface area contributed by atoms with Gasteiger partial charge < -0.3 is 19.5 Å². The van der Waals surface area contributed by atoms with Crippen molar-refractivity contribution in [3.05, 3.63) is 45.9 Å². The van der Waals surface area contributed by atoms with Crippen LogP contribution in [0.1, 0.15) is 18.9 Å². The lowest BCUT2D eigenvalue weighted by Crippen LogP contribution is -2.15. The number of fused-ring (bicyclic) bond motifs is 1. The molecule has 0 bridgehead atoms. The Labute approximate surface area is 151 Å². The molecule has 2 aromatic carbocycles. The zero-order valence-corrected chi connectivity index (χ0v) is 14.9. The number of hydrogen-bond donors (Lipinski definition) is 1. The molecule has 24 heavy (non-hydrogen) atoms. The summed E-state index contributed by atoms with van der Waals surface area (Å²) in [5.74, 6) is 2.07. The molecule has 0 spiro atoms. The maximum Gasteiger partial charge on any atom is 0.163 e. The third-order valence-electron chi connectivity index (χ3n) is 3.55. The normalized spacial score (nSPS) is 12.8. The number of halogens is 2. The summed E-state index contributed by atoms with van der Waals surface area (Å²) >= 11 is 12.5. The molecule has 0 atom stereocenters. The lowest BCUT2D eigenvalue weighted by atomic mass is 10.2. The number of anilines is 1. The van der Waals surface area contributed by atoms with Crippen LogP contribution >= 0.6 is 23.2 Å². The van der Waals surface area contributed by atoms with Crippen LogP contribution in [0.3, 0.4) is 0 Å². The number of ether oxygens (including phenoxy) is 3. The van der Waals surface area contributed by atoms with Gasteiger partial charge >= 0.3 is 0 Å². The van der Waals surface area contributed by atoms with E-state index >= 15 is 0 Å². The molecular weight excluding hydrogens is 349 g/mol. The predicted octanol–water partition coefficient (Wildman–Crippen LogP) is 5.17. The average Bonchev–Trinajstić information content (AvgIpc) is 2.59. The van der Waals surface area contributed by atoms with E-state index in [-0.39, 0.29) is 0 Å². The first-order chi connectivity index (χ1) is 11.7. The second kappa shape index (κ2) is 7.86. The Balaban J connectivity index is 1.68. The van der Waals surface area contributed by atoms with Crippen molar-refractivity contribution in [3.63, 3.8) is 0 Å². The lowest BCUT2D eigenvalue weighted by Gasteiger charge is -2.19. The van der Waals surface area contributed by atoms with Gasteiger partial charge in [-0.1, -0.05) is 30.1 Å². The zero-order chi connectivity index (χ0) is 16.9. The first-order valence-electron chi connectivity index (χ1n) is 7.91. The van der Waals surface area contributed by atoms with Crippen LogP contribution < -0.4 is 19.5 Å². The minimum Gasteiger partial charge on any atom is -0.490 e. The molecule has 128 valence electrons. The Hall–Kier alpha value is -1.78. The number of benzene rings is 2. The van der Waals surface area contributed by atoms with Gasteiger partial charge in [0.05, 0.1) is 16.7 Å². The highest BCUT2D eigenvalue weighted by atomic mass is 35.5. The first kappa shape index (κ1) is 17.1. The van der Waals surface area contributed by atoms with Crippen LogP contribution in [0, 0.1) is 0 Å². The minimum atomic E-state index is 0.523. The smallest absolute Gasteiger partial charge is 0.163 e. The number of rotatable bonds is 6. The van der Waals surface area contributed by atoms with Crippen molar-refractivity contribution in [2.24, 2.45) is 0 Å². The van der Waals surface area contributed by atoms with Gasteiger partial charge in [-0.3, -0.25) is 0 Å². The van der Waals surface area contributed by atoms with Crippen LogP contribution in [0.15, 0.2) is 30.3 Å². The van der Waals surface area contributed by atoms with E-state index in [4.69, 9.17) is 37.4 Å². The van der Waals surface area contributed by atoms with Gasteiger partial charge in [0.15, 0.2) is 17.2 Å². The summed E-state index contributed by atoms with van der Waals surface area (Å²) in [6, 6.07) is 9.51. The van der Waals surface area contributed by atoms with E-state index < -0.39 is 0 Å². The lowest BCUT2D eigenvalue weighted by molar-refractivity contribution is 0.171. The quantitative estimate of drug-likeness (QED) is 0.764. The van der Waals surface area contributed by atoms with Crippen molar-refractivity contribution < 1.29 is 14.2 Å². The van der Waals surface area contributed by atoms with Crippen molar-refractivity contribution in [2.75, 3.05) is 25.1 Å². The highest BCUT2D eigenvalue weighted by Crippen LogP contribution is 2.35. The molecule has 1 heterocycles. The van der Waals surface area contributed by atoms with Gasteiger partial charge in [0.2, 0.25) is 0 Å². The number of nitrogens with one attached hydrogen (secondary N) is 1. The third-order valence-corrected chi connectivity index (χ3v) is 4.11. The summed E-state index contributed by atoms with van der Waals surface area (Å²) in [7, 11) is 0. The Bertz CT molecular complexity index is 698. The predicted molar refractivity (Wildman–Crippen MR) is 97.0 cm³/mol. The molecule has 1 aliphatic heterocycles. The second-order valence-electron chi connectivity index (χ2n) is 5.45. The van der Waals surface area contributed by atoms with Crippen LogP contribution in [-0.4, -0.2) is 19.8 Å². The Morgan fingerprint density at radius 1 is 1.04 bits per heavy atom. The summed E-state index contributed by atoms with van der Waals surface area (Å²) in [6.45, 7) is 4.37. The molecule has 0 saturated carbocycles. The molecule has 3 rings (SSSR count). The fourth-order valence-electron chi connectivity index (χ4n) is 2.41. The Morgan fingerprint density at radius 3 is 2.46 bits per heavy atom. The molecule has 0 unspecified atom stereocenters. The van der Waals surface area contributed by atoms with E-state index in [1.54, 1.807) is 0 Å². The van der Waals surface area contributed by atoms with Gasteiger partial charge in [0.1, 0.15) is 13.2 Å². The van der Waals surface area contributed by atoms with E-state index in [2.05, 4.69) is 5.32 Å². The third kappa shape index (κ3) is 4.00. The van der Waals surface area contributed by atoms with Gasteiger partial charge in [-0.2, -0.15) is 0 Å². The molecule has 1 N–H and O–H groups in total. The van der Waals surface area contributed by atoms with Crippen LogP contribution in [0.5, 0.6) is 17.2 Å². The standard InChI is InChI=1S/C18H19Cl2NO3/c1-2-5-24-18-14(19)8-12(9-15(18)20)11-21-13-3-4-16-17(10-13)23-7-6-22-16/h3-4,8-10,21H,2,5-7,11H2,1H3. The Morgan fingerprint density at radius 2 is 1.75 bits per heavy atom. The highest BCUT2D eigenvalue weighted by Gasteiger charge is 2.12. The summed E-state index contributed by atoms with van der Waals surface area (Å²) in [6.07, 6.45) is 0.903. The Kier molecular flexibility index (Phi) is 5.59. The summed E-state index contributed by atoms with van der Waals surface area (Å²) in [5.41, 5.74) is 1.92. The molecule has 1 aliphatic rings. The number of hydrogen-bond acceptors (Lipinski definition) is 4. The summed E-state index contributed by atoms with van der Waals surface area (Å²) < 4.78 is 16.7.